The Hall–Kier alpha value is -3.66. The molecule has 1 aliphatic rings. The van der Waals surface area contributed by atoms with Crippen LogP contribution in [0, 0.1) is 17.0 Å². The van der Waals surface area contributed by atoms with E-state index in [1.54, 1.807) is 28.6 Å². The van der Waals surface area contributed by atoms with Crippen LogP contribution in [0.2, 0.25) is 0 Å². The SMILES string of the molecule is CCCSc1nc2n(n1)C(c1ccc([N+](=O)[O-])cc1)C(C(=O)Nc1ccccc1C)=C(C)N2. The second-order valence-corrected chi connectivity index (χ2v) is 8.76. The molecule has 0 saturated carbocycles. The number of amides is 1. The number of nitro benzene ring substituents is 1. The van der Waals surface area contributed by atoms with Gasteiger partial charge in [0.2, 0.25) is 11.1 Å². The highest BCUT2D eigenvalue weighted by Gasteiger charge is 2.34. The average Bonchev–Trinajstić information content (AvgIpc) is 3.20. The lowest BCUT2D eigenvalue weighted by molar-refractivity contribution is -0.384. The summed E-state index contributed by atoms with van der Waals surface area (Å²) in [6.07, 6.45) is 0.981. The number of carbonyl (C=O) groups excluding carboxylic acids is 1. The smallest absolute Gasteiger partial charge is 0.269 e. The molecule has 2 N–H and O–H groups in total. The summed E-state index contributed by atoms with van der Waals surface area (Å²) in [5, 5.41) is 22.6. The molecule has 0 fully saturated rings. The van der Waals surface area contributed by atoms with Crippen molar-refractivity contribution in [1.29, 1.82) is 0 Å². The van der Waals surface area contributed by atoms with E-state index in [0.717, 1.165) is 17.7 Å². The molecule has 1 aliphatic heterocycles. The molecule has 1 unspecified atom stereocenters. The Labute approximate surface area is 195 Å². The van der Waals surface area contributed by atoms with Gasteiger partial charge in [-0.1, -0.05) is 36.9 Å². The van der Waals surface area contributed by atoms with Gasteiger partial charge in [0.1, 0.15) is 6.04 Å². The fourth-order valence-electron chi connectivity index (χ4n) is 3.67. The van der Waals surface area contributed by atoms with Gasteiger partial charge in [-0.25, -0.2) is 4.68 Å². The predicted molar refractivity (Wildman–Crippen MR) is 128 cm³/mol. The van der Waals surface area contributed by atoms with Gasteiger partial charge < -0.3 is 10.6 Å². The highest BCUT2D eigenvalue weighted by atomic mass is 32.2. The number of nitrogens with one attached hydrogen (secondary N) is 2. The van der Waals surface area contributed by atoms with Crippen LogP contribution in [0.1, 0.15) is 37.4 Å². The summed E-state index contributed by atoms with van der Waals surface area (Å²) in [6.45, 7) is 5.83. The molecule has 1 aromatic heterocycles. The lowest BCUT2D eigenvalue weighted by atomic mass is 9.94. The zero-order chi connectivity index (χ0) is 23.5. The molecular formula is C23H24N6O3S. The first-order valence-corrected chi connectivity index (χ1v) is 11.6. The largest absolute Gasteiger partial charge is 0.328 e. The summed E-state index contributed by atoms with van der Waals surface area (Å²) in [7, 11) is 0. The monoisotopic (exact) mass is 464 g/mol. The summed E-state index contributed by atoms with van der Waals surface area (Å²) in [5.41, 5.74) is 3.47. The number of aromatic nitrogens is 3. The van der Waals surface area contributed by atoms with Crippen molar-refractivity contribution < 1.29 is 9.72 Å². The van der Waals surface area contributed by atoms with Crippen LogP contribution in [-0.2, 0) is 4.79 Å². The van der Waals surface area contributed by atoms with Gasteiger partial charge in [-0.05, 0) is 49.6 Å². The Bertz CT molecular complexity index is 1240. The second kappa shape index (κ2) is 9.45. The van der Waals surface area contributed by atoms with E-state index in [9.17, 15) is 14.9 Å². The summed E-state index contributed by atoms with van der Waals surface area (Å²) < 4.78 is 1.68. The van der Waals surface area contributed by atoms with Gasteiger partial charge in [0.15, 0.2) is 0 Å². The number of benzene rings is 2. The molecule has 0 bridgehead atoms. The number of aryl methyl sites for hydroxylation is 1. The lowest BCUT2D eigenvalue weighted by Crippen LogP contribution is -2.31. The van der Waals surface area contributed by atoms with Gasteiger partial charge in [-0.2, -0.15) is 4.98 Å². The van der Waals surface area contributed by atoms with Crippen molar-refractivity contribution in [2.45, 2.75) is 38.4 Å². The molecule has 33 heavy (non-hydrogen) atoms. The van der Waals surface area contributed by atoms with Crippen LogP contribution in [0.4, 0.5) is 17.3 Å². The number of hydrogen-bond acceptors (Lipinski definition) is 7. The van der Waals surface area contributed by atoms with E-state index in [-0.39, 0.29) is 11.6 Å². The highest BCUT2D eigenvalue weighted by Crippen LogP contribution is 2.37. The van der Waals surface area contributed by atoms with Gasteiger partial charge in [-0.3, -0.25) is 14.9 Å². The first kappa shape index (κ1) is 22.5. The Morgan fingerprint density at radius 3 is 2.61 bits per heavy atom. The van der Waals surface area contributed by atoms with E-state index >= 15 is 0 Å². The Kier molecular flexibility index (Phi) is 6.45. The fraction of sp³-hybridized carbons (Fsp3) is 0.261. The number of para-hydroxylation sites is 1. The second-order valence-electron chi connectivity index (χ2n) is 7.69. The molecule has 0 spiro atoms. The van der Waals surface area contributed by atoms with Crippen LogP contribution in [0.3, 0.4) is 0 Å². The zero-order valence-electron chi connectivity index (χ0n) is 18.5. The molecule has 3 aromatic rings. The zero-order valence-corrected chi connectivity index (χ0v) is 19.3. The molecule has 0 radical (unpaired) electrons. The molecule has 0 saturated heterocycles. The summed E-state index contributed by atoms with van der Waals surface area (Å²) in [6, 6.07) is 13.2. The van der Waals surface area contributed by atoms with E-state index in [4.69, 9.17) is 0 Å². The topological polar surface area (TPSA) is 115 Å². The predicted octanol–water partition coefficient (Wildman–Crippen LogP) is 4.92. The molecule has 2 heterocycles. The normalized spacial score (nSPS) is 15.1. The number of thioether (sulfide) groups is 1. The molecule has 4 rings (SSSR count). The van der Waals surface area contributed by atoms with Crippen molar-refractivity contribution in [1.82, 2.24) is 14.8 Å². The number of nitro groups is 1. The maximum absolute atomic E-state index is 13.5. The molecule has 170 valence electrons. The number of allylic oxidation sites excluding steroid dienone is 1. The van der Waals surface area contributed by atoms with E-state index in [2.05, 4.69) is 27.6 Å². The van der Waals surface area contributed by atoms with Crippen LogP contribution in [0.15, 0.2) is 65.0 Å². The first-order chi connectivity index (χ1) is 15.9. The standard InChI is InChI=1S/C23H24N6O3S/c1-4-13-33-23-26-22-24-15(3)19(21(30)25-18-8-6-5-7-14(18)2)20(28(22)27-23)16-9-11-17(12-10-16)29(31)32/h5-12,20H,4,13H2,1-3H3,(H,25,30)(H,24,26,27). The Morgan fingerprint density at radius 2 is 1.94 bits per heavy atom. The average molecular weight is 465 g/mol. The number of carbonyl (C=O) groups is 1. The molecule has 1 atom stereocenters. The van der Waals surface area contributed by atoms with Crippen LogP contribution in [-0.4, -0.2) is 31.3 Å². The number of hydrogen-bond donors (Lipinski definition) is 2. The van der Waals surface area contributed by atoms with Gasteiger partial charge in [0.25, 0.3) is 11.6 Å². The highest BCUT2D eigenvalue weighted by molar-refractivity contribution is 7.99. The molecule has 0 aliphatic carbocycles. The third-order valence-electron chi connectivity index (χ3n) is 5.33. The minimum atomic E-state index is -0.588. The van der Waals surface area contributed by atoms with E-state index in [0.29, 0.717) is 33.6 Å². The summed E-state index contributed by atoms with van der Waals surface area (Å²) in [4.78, 5) is 28.8. The third-order valence-corrected chi connectivity index (χ3v) is 6.37. The van der Waals surface area contributed by atoms with E-state index < -0.39 is 11.0 Å². The van der Waals surface area contributed by atoms with E-state index in [1.807, 2.05) is 38.1 Å². The Balaban J connectivity index is 1.77. The maximum atomic E-state index is 13.5. The van der Waals surface area contributed by atoms with E-state index in [1.165, 1.54) is 12.1 Å². The van der Waals surface area contributed by atoms with Crippen LogP contribution >= 0.6 is 11.8 Å². The number of fused-ring (bicyclic) bond motifs is 1. The number of anilines is 2. The lowest BCUT2D eigenvalue weighted by Gasteiger charge is -2.28. The molecule has 1 amide bonds. The third kappa shape index (κ3) is 4.61. The molecular weight excluding hydrogens is 440 g/mol. The minimum absolute atomic E-state index is 0.0164. The van der Waals surface area contributed by atoms with Crippen molar-refractivity contribution >= 4 is 35.0 Å². The van der Waals surface area contributed by atoms with Gasteiger partial charge >= 0.3 is 0 Å². The van der Waals surface area contributed by atoms with Crippen LogP contribution in [0.5, 0.6) is 0 Å². The van der Waals surface area contributed by atoms with Crippen molar-refractivity contribution in [3.8, 4) is 0 Å². The first-order valence-electron chi connectivity index (χ1n) is 10.6. The molecule has 9 nitrogen and oxygen atoms in total. The van der Waals surface area contributed by atoms with Crippen LogP contribution < -0.4 is 10.6 Å². The van der Waals surface area contributed by atoms with Gasteiger partial charge in [-0.15, -0.1) is 5.10 Å². The molecule has 10 heteroatoms. The van der Waals surface area contributed by atoms with Gasteiger partial charge in [0.05, 0.1) is 10.5 Å². The van der Waals surface area contributed by atoms with Crippen molar-refractivity contribution in [3.63, 3.8) is 0 Å². The Morgan fingerprint density at radius 1 is 1.21 bits per heavy atom. The minimum Gasteiger partial charge on any atom is -0.328 e. The summed E-state index contributed by atoms with van der Waals surface area (Å²) in [5.74, 6) is 1.13. The molecule has 2 aromatic carbocycles. The maximum Gasteiger partial charge on any atom is 0.269 e. The number of rotatable bonds is 7. The number of non-ortho nitro benzene ring substituents is 1. The van der Waals surface area contributed by atoms with Gasteiger partial charge in [0, 0.05) is 29.3 Å². The van der Waals surface area contributed by atoms with Crippen LogP contribution in [0.25, 0.3) is 0 Å². The fourth-order valence-corrected chi connectivity index (χ4v) is 4.35. The van der Waals surface area contributed by atoms with Crippen molar-refractivity contribution in [2.24, 2.45) is 0 Å². The quantitative estimate of drug-likeness (QED) is 0.289. The summed E-state index contributed by atoms with van der Waals surface area (Å²) >= 11 is 1.54. The van der Waals surface area contributed by atoms with Crippen molar-refractivity contribution in [3.05, 3.63) is 81.0 Å². The van der Waals surface area contributed by atoms with Crippen molar-refractivity contribution in [2.75, 3.05) is 16.4 Å². The number of nitrogens with zero attached hydrogens (tertiary/aromatic N) is 4.